The van der Waals surface area contributed by atoms with Gasteiger partial charge < -0.3 is 5.32 Å². The number of amides is 1. The highest BCUT2D eigenvalue weighted by atomic mass is 32.1. The van der Waals surface area contributed by atoms with Crippen LogP contribution in [0.3, 0.4) is 0 Å². The Bertz CT molecular complexity index is 877. The fourth-order valence-electron chi connectivity index (χ4n) is 5.00. The smallest absolute Gasteiger partial charge is 0.261 e. The Morgan fingerprint density at radius 3 is 2.65 bits per heavy atom. The third kappa shape index (κ3) is 2.43. The molecule has 2 aromatic rings. The second-order valence-corrected chi connectivity index (χ2v) is 9.78. The standard InChI is InChI=1S/C21H25FN2OS/c1-20(2)18(13-6-10-24(20)11-7-13)23-19(25)16-12-14-4-3-5-15(17(14)26-16)21(22)8-9-21/h3-5,12-13,18H,6-11H2,1-2H3,(H,23,25)/t18-/m1/s1. The molecule has 0 radical (unpaired) electrons. The summed E-state index contributed by atoms with van der Waals surface area (Å²) in [5, 5.41) is 4.31. The molecule has 26 heavy (non-hydrogen) atoms. The summed E-state index contributed by atoms with van der Waals surface area (Å²) in [6.45, 7) is 6.75. The predicted octanol–water partition coefficient (Wildman–Crippen LogP) is 4.46. The number of nitrogens with zero attached hydrogens (tertiary/aromatic N) is 1. The number of halogens is 1. The van der Waals surface area contributed by atoms with Crippen molar-refractivity contribution in [2.45, 2.75) is 56.8 Å². The van der Waals surface area contributed by atoms with Crippen molar-refractivity contribution in [1.29, 1.82) is 0 Å². The number of carbonyl (C=O) groups is 1. The molecule has 1 saturated carbocycles. The molecule has 4 heterocycles. The van der Waals surface area contributed by atoms with Gasteiger partial charge in [0.05, 0.1) is 4.88 Å². The number of fused-ring (bicyclic) bond motifs is 4. The molecule has 2 bridgehead atoms. The zero-order valence-electron chi connectivity index (χ0n) is 15.3. The first-order chi connectivity index (χ1) is 12.4. The zero-order valence-corrected chi connectivity index (χ0v) is 16.2. The number of hydrogen-bond donors (Lipinski definition) is 1. The highest BCUT2D eigenvalue weighted by Crippen LogP contribution is 2.52. The van der Waals surface area contributed by atoms with Gasteiger partial charge in [-0.2, -0.15) is 0 Å². The van der Waals surface area contributed by atoms with Gasteiger partial charge >= 0.3 is 0 Å². The molecule has 1 aromatic carbocycles. The molecule has 5 heteroatoms. The maximum absolute atomic E-state index is 14.6. The average Bonchev–Trinajstić information content (AvgIpc) is 3.21. The van der Waals surface area contributed by atoms with Gasteiger partial charge in [-0.3, -0.25) is 9.69 Å². The van der Waals surface area contributed by atoms with E-state index in [0.717, 1.165) is 41.6 Å². The molecule has 138 valence electrons. The molecular formula is C21H25FN2OS. The largest absolute Gasteiger partial charge is 0.346 e. The van der Waals surface area contributed by atoms with E-state index in [1.807, 2.05) is 24.3 Å². The Hall–Kier alpha value is -1.46. The lowest BCUT2D eigenvalue weighted by Crippen LogP contribution is -2.69. The number of nitrogens with one attached hydrogen (secondary N) is 1. The molecule has 0 unspecified atom stereocenters. The summed E-state index contributed by atoms with van der Waals surface area (Å²) in [7, 11) is 0. The molecule has 1 atom stereocenters. The molecule has 1 N–H and O–H groups in total. The highest BCUT2D eigenvalue weighted by Gasteiger charge is 2.48. The van der Waals surface area contributed by atoms with E-state index in [1.165, 1.54) is 11.3 Å². The van der Waals surface area contributed by atoms with Crippen molar-refractivity contribution in [1.82, 2.24) is 10.2 Å². The van der Waals surface area contributed by atoms with Gasteiger partial charge in [0.25, 0.3) is 5.91 Å². The van der Waals surface area contributed by atoms with Crippen molar-refractivity contribution in [3.05, 3.63) is 34.7 Å². The maximum Gasteiger partial charge on any atom is 0.261 e. The van der Waals surface area contributed by atoms with E-state index in [4.69, 9.17) is 0 Å². The first-order valence-electron chi connectivity index (χ1n) is 9.66. The van der Waals surface area contributed by atoms with E-state index >= 15 is 0 Å². The van der Waals surface area contributed by atoms with Crippen LogP contribution >= 0.6 is 11.3 Å². The number of thiophene rings is 1. The van der Waals surface area contributed by atoms with Crippen LogP contribution in [0.1, 0.15) is 54.8 Å². The summed E-state index contributed by atoms with van der Waals surface area (Å²) < 4.78 is 15.6. The highest BCUT2D eigenvalue weighted by molar-refractivity contribution is 7.21. The maximum atomic E-state index is 14.6. The number of benzene rings is 1. The molecule has 6 rings (SSSR count). The summed E-state index contributed by atoms with van der Waals surface area (Å²) in [4.78, 5) is 16.2. The number of piperidine rings is 3. The summed E-state index contributed by atoms with van der Waals surface area (Å²) in [6, 6.07) is 7.87. The molecule has 3 aliphatic heterocycles. The number of rotatable bonds is 3. The monoisotopic (exact) mass is 372 g/mol. The van der Waals surface area contributed by atoms with Crippen LogP contribution in [0.25, 0.3) is 10.1 Å². The fraction of sp³-hybridized carbons (Fsp3) is 0.571. The van der Waals surface area contributed by atoms with Crippen LogP contribution < -0.4 is 5.32 Å². The zero-order chi connectivity index (χ0) is 18.1. The van der Waals surface area contributed by atoms with Gasteiger partial charge in [-0.15, -0.1) is 11.3 Å². The van der Waals surface area contributed by atoms with E-state index in [0.29, 0.717) is 23.6 Å². The van der Waals surface area contributed by atoms with Crippen LogP contribution in [0, 0.1) is 5.92 Å². The number of hydrogen-bond acceptors (Lipinski definition) is 3. The molecule has 4 fully saturated rings. The fourth-order valence-corrected chi connectivity index (χ4v) is 6.16. The van der Waals surface area contributed by atoms with Gasteiger partial charge in [-0.25, -0.2) is 4.39 Å². The van der Waals surface area contributed by atoms with Crippen LogP contribution in [0.4, 0.5) is 4.39 Å². The van der Waals surface area contributed by atoms with E-state index in [2.05, 4.69) is 24.1 Å². The summed E-state index contributed by atoms with van der Waals surface area (Å²) >= 11 is 1.44. The van der Waals surface area contributed by atoms with E-state index in [-0.39, 0.29) is 17.5 Å². The van der Waals surface area contributed by atoms with Crippen molar-refractivity contribution in [2.24, 2.45) is 5.92 Å². The minimum atomic E-state index is -1.17. The average molecular weight is 373 g/mol. The lowest BCUT2D eigenvalue weighted by atomic mass is 9.72. The second-order valence-electron chi connectivity index (χ2n) is 8.73. The Kier molecular flexibility index (Phi) is 3.55. The van der Waals surface area contributed by atoms with Crippen molar-refractivity contribution >= 4 is 27.3 Å². The Morgan fingerprint density at radius 2 is 2.00 bits per heavy atom. The Balaban J connectivity index is 1.44. The van der Waals surface area contributed by atoms with Crippen LogP contribution in [0.2, 0.25) is 0 Å². The lowest BCUT2D eigenvalue weighted by Gasteiger charge is -2.56. The molecule has 0 spiro atoms. The number of alkyl halides is 1. The summed E-state index contributed by atoms with van der Waals surface area (Å²) in [5.74, 6) is 0.553. The van der Waals surface area contributed by atoms with Gasteiger partial charge in [-0.05, 0) is 70.0 Å². The van der Waals surface area contributed by atoms with Crippen molar-refractivity contribution in [3.63, 3.8) is 0 Å². The number of carbonyl (C=O) groups excluding carboxylic acids is 1. The lowest BCUT2D eigenvalue weighted by molar-refractivity contribution is -0.0377. The molecule has 3 saturated heterocycles. The third-order valence-electron chi connectivity index (χ3n) is 6.81. The first-order valence-corrected chi connectivity index (χ1v) is 10.5. The normalized spacial score (nSPS) is 31.1. The van der Waals surface area contributed by atoms with E-state index in [9.17, 15) is 9.18 Å². The molecule has 1 aromatic heterocycles. The predicted molar refractivity (Wildman–Crippen MR) is 103 cm³/mol. The van der Waals surface area contributed by atoms with Gasteiger partial charge in [0, 0.05) is 21.8 Å². The van der Waals surface area contributed by atoms with Crippen LogP contribution in [0.5, 0.6) is 0 Å². The third-order valence-corrected chi connectivity index (χ3v) is 8.00. The van der Waals surface area contributed by atoms with E-state index < -0.39 is 5.67 Å². The molecule has 1 aliphatic carbocycles. The SMILES string of the molecule is CC1(C)[C@H](NC(=O)c2cc3cccc(C4(F)CC4)c3s2)C2CCN1CC2. The van der Waals surface area contributed by atoms with E-state index in [1.54, 1.807) is 0 Å². The molecular weight excluding hydrogens is 347 g/mol. The van der Waals surface area contributed by atoms with Gasteiger partial charge in [0.2, 0.25) is 0 Å². The molecule has 4 aliphatic rings. The van der Waals surface area contributed by atoms with Gasteiger partial charge in [0.1, 0.15) is 5.67 Å². The quantitative estimate of drug-likeness (QED) is 0.863. The van der Waals surface area contributed by atoms with Crippen LogP contribution in [-0.2, 0) is 5.67 Å². The molecule has 3 nitrogen and oxygen atoms in total. The van der Waals surface area contributed by atoms with Crippen LogP contribution in [-0.4, -0.2) is 35.5 Å². The first kappa shape index (κ1) is 16.7. The van der Waals surface area contributed by atoms with Gasteiger partial charge in [-0.1, -0.05) is 18.2 Å². The van der Waals surface area contributed by atoms with Crippen molar-refractivity contribution in [3.8, 4) is 0 Å². The Morgan fingerprint density at radius 1 is 1.27 bits per heavy atom. The summed E-state index contributed by atoms with van der Waals surface area (Å²) in [6.07, 6.45) is 3.52. The minimum absolute atomic E-state index is 0.00429. The van der Waals surface area contributed by atoms with Crippen molar-refractivity contribution in [2.75, 3.05) is 13.1 Å². The van der Waals surface area contributed by atoms with Crippen LogP contribution in [0.15, 0.2) is 24.3 Å². The Labute approximate surface area is 157 Å². The summed E-state index contributed by atoms with van der Waals surface area (Å²) in [5.41, 5.74) is -0.409. The second kappa shape index (κ2) is 5.52. The molecule has 1 amide bonds. The van der Waals surface area contributed by atoms with Gasteiger partial charge in [0.15, 0.2) is 0 Å². The topological polar surface area (TPSA) is 32.3 Å². The van der Waals surface area contributed by atoms with Crippen molar-refractivity contribution < 1.29 is 9.18 Å². The minimum Gasteiger partial charge on any atom is -0.346 e.